The lowest BCUT2D eigenvalue weighted by atomic mass is 10.1. The summed E-state index contributed by atoms with van der Waals surface area (Å²) in [7, 11) is -9.98. The molecule has 360 valence electrons. The second kappa shape index (κ2) is 20.1. The molecule has 0 bridgehead atoms. The molecule has 0 saturated carbocycles. The average Bonchev–Trinajstić information content (AvgIpc) is 3.32. The largest absolute Gasteiger partial charge is 0.505 e. The highest BCUT2D eigenvalue weighted by atomic mass is 32.2. The molecule has 71 heavy (non-hydrogen) atoms. The maximum atomic E-state index is 12.6. The van der Waals surface area contributed by atoms with Crippen LogP contribution in [0.1, 0.15) is 0 Å². The van der Waals surface area contributed by atoms with Crippen LogP contribution in [-0.2, 0) is 29.6 Å². The monoisotopic (exact) mass is 1020 g/mol. The minimum absolute atomic E-state index is 0.0358. The van der Waals surface area contributed by atoms with Crippen LogP contribution in [0.15, 0.2) is 183 Å². The molecule has 24 nitrogen and oxygen atoms in total. The predicted molar refractivity (Wildman–Crippen MR) is 265 cm³/mol. The van der Waals surface area contributed by atoms with Crippen molar-refractivity contribution in [3.63, 3.8) is 0 Å². The number of aromatic hydroxyl groups is 2. The Hall–Kier alpha value is -8.67. The number of hydrogen-bond donors (Lipinski definition) is 10. The first-order chi connectivity index (χ1) is 33.8. The molecule has 14 N–H and O–H groups in total. The summed E-state index contributed by atoms with van der Waals surface area (Å²) in [5.74, 6) is -1.06. The molecule has 0 fully saturated rings. The maximum Gasteiger partial charge on any atom is 0.296 e. The maximum absolute atomic E-state index is 12.6. The number of benzene rings is 8. The summed E-state index contributed by atoms with van der Waals surface area (Å²) in [6.45, 7) is 0. The SMILES string of the molecule is Nc1ccc(N=Nc2ccc3cc(SOOO)c(N=Nc4ccc(Nc5ccc(N=Nc6c(S(=O)(=O)O)cc7ccc(N=Nc8ccc(N)cc8N)cc7c6O)cc5S(=O)(=O)O)cc4)c(O)c3c2)c(N)c1. The third kappa shape index (κ3) is 11.3. The fourth-order valence-corrected chi connectivity index (χ4v) is 8.53. The van der Waals surface area contributed by atoms with E-state index in [1.807, 2.05) is 0 Å². The molecular weight excluding hydrogens is 983 g/mol. The molecule has 0 heterocycles. The van der Waals surface area contributed by atoms with Crippen molar-refractivity contribution in [1.29, 1.82) is 0 Å². The molecule has 0 aromatic heterocycles. The van der Waals surface area contributed by atoms with Gasteiger partial charge in [-0.15, -0.1) is 24.8 Å². The van der Waals surface area contributed by atoms with Crippen LogP contribution in [0.4, 0.5) is 79.6 Å². The van der Waals surface area contributed by atoms with Crippen LogP contribution in [0.25, 0.3) is 21.5 Å². The summed E-state index contributed by atoms with van der Waals surface area (Å²) in [5.41, 5.74) is 25.6. The zero-order valence-electron chi connectivity index (χ0n) is 35.9. The quantitative estimate of drug-likeness (QED) is 0.0114. The van der Waals surface area contributed by atoms with E-state index < -0.39 is 41.5 Å². The van der Waals surface area contributed by atoms with E-state index in [9.17, 15) is 36.2 Å². The fraction of sp³-hybridized carbons (Fsp3) is 0. The van der Waals surface area contributed by atoms with E-state index in [0.29, 0.717) is 62.6 Å². The number of hydrogen-bond acceptors (Lipinski definition) is 23. The van der Waals surface area contributed by atoms with Crippen molar-refractivity contribution in [3.8, 4) is 11.5 Å². The van der Waals surface area contributed by atoms with Crippen LogP contribution in [0.3, 0.4) is 0 Å². The van der Waals surface area contributed by atoms with Gasteiger partial charge < -0.3 is 38.5 Å². The van der Waals surface area contributed by atoms with Crippen LogP contribution in [0.5, 0.6) is 11.5 Å². The first-order valence-corrected chi connectivity index (χ1v) is 23.6. The molecule has 0 saturated heterocycles. The highest BCUT2D eigenvalue weighted by Gasteiger charge is 2.23. The number of anilines is 6. The molecule has 8 rings (SSSR count). The number of nitrogens with zero attached hydrogens (tertiary/aromatic N) is 8. The molecule has 8 aromatic rings. The van der Waals surface area contributed by atoms with Gasteiger partial charge in [0.25, 0.3) is 20.2 Å². The number of azo groups is 4. The highest BCUT2D eigenvalue weighted by molar-refractivity contribution is 7.94. The Balaban J connectivity index is 1.04. The van der Waals surface area contributed by atoms with E-state index in [2.05, 4.69) is 55.6 Å². The van der Waals surface area contributed by atoms with Crippen molar-refractivity contribution in [2.75, 3.05) is 28.3 Å². The Morgan fingerprint density at radius 1 is 0.493 bits per heavy atom. The Morgan fingerprint density at radius 3 is 1.52 bits per heavy atom. The molecule has 0 spiro atoms. The van der Waals surface area contributed by atoms with E-state index in [-0.39, 0.29) is 55.5 Å². The van der Waals surface area contributed by atoms with Crippen molar-refractivity contribution in [3.05, 3.63) is 127 Å². The van der Waals surface area contributed by atoms with Gasteiger partial charge in [-0.25, -0.2) is 5.26 Å². The molecule has 0 aliphatic heterocycles. The minimum Gasteiger partial charge on any atom is -0.505 e. The second-order valence-electron chi connectivity index (χ2n) is 14.9. The highest BCUT2D eigenvalue weighted by Crippen LogP contribution is 2.46. The Labute approximate surface area is 405 Å². The van der Waals surface area contributed by atoms with Gasteiger partial charge >= 0.3 is 0 Å². The lowest BCUT2D eigenvalue weighted by Gasteiger charge is -2.12. The summed E-state index contributed by atoms with van der Waals surface area (Å²) >= 11 is 0.538. The molecule has 0 atom stereocenters. The van der Waals surface area contributed by atoms with E-state index in [4.69, 9.17) is 28.2 Å². The van der Waals surface area contributed by atoms with Gasteiger partial charge in [-0.1, -0.05) is 17.2 Å². The second-order valence-corrected chi connectivity index (χ2v) is 18.4. The molecular formula is C44H35N13O11S3. The Bertz CT molecular complexity index is 3770. The number of nitrogens with one attached hydrogen (secondary N) is 1. The first kappa shape index (κ1) is 48.8. The third-order valence-corrected chi connectivity index (χ3v) is 12.5. The number of phenols is 2. The standard InChI is InChI=1S/C44H35N13O11S3/c45-24-3-12-35(33(47)17-24)54-51-28-5-1-22-15-38(69-68-67-60)41(43(58)31(22)19-28)56-50-27-9-7-26(8-10-27)49-37-14-11-30(21-39(37)70(61,62)63)53-57-42-40(71(64,65)66)16-23-2-6-29(20-32(23)44(42)59)52-55-36-13-4-25(46)18-34(36)48/h1-21,49,58-60H,45-48H2,(H,61,62,63)(H,64,65,66). The predicted octanol–water partition coefficient (Wildman–Crippen LogP) is 12.1. The van der Waals surface area contributed by atoms with Crippen molar-refractivity contribution in [1.82, 2.24) is 0 Å². The number of fused-ring (bicyclic) bond motifs is 2. The van der Waals surface area contributed by atoms with Crippen LogP contribution < -0.4 is 28.3 Å². The molecule has 0 radical (unpaired) electrons. The van der Waals surface area contributed by atoms with Gasteiger partial charge in [0.1, 0.15) is 32.5 Å². The Kier molecular flexibility index (Phi) is 13.8. The van der Waals surface area contributed by atoms with Crippen LogP contribution >= 0.6 is 12.0 Å². The van der Waals surface area contributed by atoms with Gasteiger partial charge in [0.2, 0.25) is 0 Å². The number of rotatable bonds is 15. The van der Waals surface area contributed by atoms with E-state index in [0.717, 1.165) is 12.1 Å². The van der Waals surface area contributed by atoms with Gasteiger partial charge in [0, 0.05) is 27.8 Å². The molecule has 0 aliphatic rings. The Morgan fingerprint density at radius 2 is 0.972 bits per heavy atom. The third-order valence-electron chi connectivity index (χ3n) is 10.1. The zero-order chi connectivity index (χ0) is 50.6. The molecule has 0 aliphatic carbocycles. The van der Waals surface area contributed by atoms with E-state index >= 15 is 0 Å². The van der Waals surface area contributed by atoms with Gasteiger partial charge in [0.05, 0.1) is 56.7 Å². The average molecular weight is 1020 g/mol. The topological polar surface area (TPSA) is 403 Å². The first-order valence-electron chi connectivity index (χ1n) is 20.0. The number of nitrogens with two attached hydrogens (primary N) is 4. The number of nitrogen functional groups attached to an aromatic ring is 4. The molecule has 0 amide bonds. The molecule has 27 heteroatoms. The van der Waals surface area contributed by atoms with Crippen LogP contribution in [0, 0.1) is 0 Å². The lowest BCUT2D eigenvalue weighted by molar-refractivity contribution is -0.432. The summed E-state index contributed by atoms with van der Waals surface area (Å²) in [4.78, 5) is -1.29. The van der Waals surface area contributed by atoms with Crippen molar-refractivity contribution < 1.29 is 50.8 Å². The zero-order valence-corrected chi connectivity index (χ0v) is 38.4. The van der Waals surface area contributed by atoms with Crippen LogP contribution in [0.2, 0.25) is 0 Å². The van der Waals surface area contributed by atoms with Gasteiger partial charge in [-0.2, -0.15) is 37.3 Å². The van der Waals surface area contributed by atoms with Crippen molar-refractivity contribution >= 4 is 133 Å². The smallest absolute Gasteiger partial charge is 0.296 e. The molecule has 8 aromatic carbocycles. The van der Waals surface area contributed by atoms with Crippen molar-refractivity contribution in [2.45, 2.75) is 14.7 Å². The van der Waals surface area contributed by atoms with Crippen LogP contribution in [-0.4, -0.2) is 41.4 Å². The number of phenolic OH excluding ortho intramolecular Hbond substituents is 2. The fourth-order valence-electron chi connectivity index (χ4n) is 6.71. The summed E-state index contributed by atoms with van der Waals surface area (Å²) in [6.07, 6.45) is 0. The van der Waals surface area contributed by atoms with E-state index in [1.165, 1.54) is 60.7 Å². The normalized spacial score (nSPS) is 12.4. The minimum atomic E-state index is -5.02. The van der Waals surface area contributed by atoms with Gasteiger partial charge in [0.15, 0.2) is 11.5 Å². The summed E-state index contributed by atoms with van der Waals surface area (Å²) in [5, 5.41) is 72.0. The van der Waals surface area contributed by atoms with Gasteiger partial charge in [-0.3, -0.25) is 9.11 Å². The van der Waals surface area contributed by atoms with Gasteiger partial charge in [-0.05, 0) is 126 Å². The molecule has 0 unspecified atom stereocenters. The van der Waals surface area contributed by atoms with Crippen molar-refractivity contribution in [2.24, 2.45) is 40.9 Å². The lowest BCUT2D eigenvalue weighted by Crippen LogP contribution is -2.03. The summed E-state index contributed by atoms with van der Waals surface area (Å²) < 4.78 is 75.1. The summed E-state index contributed by atoms with van der Waals surface area (Å²) in [6, 6.07) is 30.6. The van der Waals surface area contributed by atoms with E-state index in [1.54, 1.807) is 54.6 Å².